The zero-order valence-electron chi connectivity index (χ0n) is 5.96. The number of carbonyl (C=O) groups excluding carboxylic acids is 1. The highest BCUT2D eigenvalue weighted by Gasteiger charge is 1.95. The van der Waals surface area contributed by atoms with E-state index >= 15 is 0 Å². The molecule has 1 aromatic rings. The van der Waals surface area contributed by atoms with E-state index in [0.29, 0.717) is 0 Å². The van der Waals surface area contributed by atoms with Crippen molar-refractivity contribution in [3.8, 4) is 0 Å². The van der Waals surface area contributed by atoms with Crippen molar-refractivity contribution in [2.75, 3.05) is 5.43 Å². The Morgan fingerprint density at radius 2 is 2.50 bits per heavy atom. The van der Waals surface area contributed by atoms with Crippen molar-refractivity contribution >= 4 is 5.91 Å². The van der Waals surface area contributed by atoms with E-state index in [0.717, 1.165) is 5.82 Å². The summed E-state index contributed by atoms with van der Waals surface area (Å²) in [5.74, 6) is 0.677. The second-order valence-electron chi connectivity index (χ2n) is 2.01. The van der Waals surface area contributed by atoms with E-state index in [4.69, 9.17) is 0 Å². The number of hydrogen-bond acceptors (Lipinski definition) is 2. The van der Waals surface area contributed by atoms with Crippen LogP contribution >= 0.6 is 0 Å². The van der Waals surface area contributed by atoms with Gasteiger partial charge >= 0.3 is 0 Å². The fourth-order valence-electron chi connectivity index (χ4n) is 0.666. The summed E-state index contributed by atoms with van der Waals surface area (Å²) in [5, 5.41) is 0. The van der Waals surface area contributed by atoms with Gasteiger partial charge in [-0.1, -0.05) is 0 Å². The van der Waals surface area contributed by atoms with Gasteiger partial charge in [0.1, 0.15) is 5.82 Å². The number of amides is 1. The second-order valence-corrected chi connectivity index (χ2v) is 2.01. The minimum absolute atomic E-state index is 0.0962. The Hall–Kier alpha value is -1.32. The molecule has 0 unspecified atom stereocenters. The molecule has 10 heavy (non-hydrogen) atoms. The van der Waals surface area contributed by atoms with Crippen molar-refractivity contribution in [1.29, 1.82) is 0 Å². The monoisotopic (exact) mass is 139 g/mol. The Bertz CT molecular complexity index is 241. The van der Waals surface area contributed by atoms with Crippen LogP contribution in [0, 0.1) is 6.92 Å². The minimum atomic E-state index is -0.0962. The Morgan fingerprint density at radius 3 is 2.90 bits per heavy atom. The number of nitrogens with one attached hydrogen (secondary N) is 1. The van der Waals surface area contributed by atoms with Gasteiger partial charge in [-0.15, -0.1) is 0 Å². The summed E-state index contributed by atoms with van der Waals surface area (Å²) in [6.07, 6.45) is 3.32. The predicted molar refractivity (Wildman–Crippen MR) is 37.0 cm³/mol. The molecule has 0 aliphatic heterocycles. The molecular weight excluding hydrogens is 130 g/mol. The van der Waals surface area contributed by atoms with Gasteiger partial charge in [0.15, 0.2) is 0 Å². The molecule has 1 aromatic heterocycles. The minimum Gasteiger partial charge on any atom is -0.274 e. The van der Waals surface area contributed by atoms with Crippen LogP contribution in [0.3, 0.4) is 0 Å². The van der Waals surface area contributed by atoms with Crippen LogP contribution in [0.1, 0.15) is 12.7 Å². The van der Waals surface area contributed by atoms with Crippen LogP contribution in [0.15, 0.2) is 12.4 Å². The molecule has 0 saturated carbocycles. The van der Waals surface area contributed by atoms with Gasteiger partial charge in [-0.2, -0.15) is 0 Å². The maximum atomic E-state index is 10.5. The smallest absolute Gasteiger partial charge is 0.235 e. The van der Waals surface area contributed by atoms with Crippen molar-refractivity contribution in [1.82, 2.24) is 9.66 Å². The summed E-state index contributed by atoms with van der Waals surface area (Å²) in [5.41, 5.74) is 2.57. The first kappa shape index (κ1) is 6.80. The van der Waals surface area contributed by atoms with Crippen LogP contribution in [0.2, 0.25) is 0 Å². The lowest BCUT2D eigenvalue weighted by atomic mass is 10.7. The normalized spacial score (nSPS) is 9.40. The molecule has 54 valence electrons. The van der Waals surface area contributed by atoms with Crippen molar-refractivity contribution in [3.63, 3.8) is 0 Å². The van der Waals surface area contributed by atoms with Crippen LogP contribution in [-0.4, -0.2) is 15.6 Å². The second kappa shape index (κ2) is 2.51. The van der Waals surface area contributed by atoms with Crippen molar-refractivity contribution in [2.24, 2.45) is 0 Å². The van der Waals surface area contributed by atoms with E-state index in [1.807, 2.05) is 6.92 Å². The summed E-state index contributed by atoms with van der Waals surface area (Å²) >= 11 is 0. The average Bonchev–Trinajstić information content (AvgIpc) is 2.15. The third-order valence-corrected chi connectivity index (χ3v) is 1.10. The Morgan fingerprint density at radius 1 is 1.80 bits per heavy atom. The van der Waals surface area contributed by atoms with Gasteiger partial charge in [0.2, 0.25) is 5.91 Å². The van der Waals surface area contributed by atoms with Crippen molar-refractivity contribution in [2.45, 2.75) is 13.8 Å². The summed E-state index contributed by atoms with van der Waals surface area (Å²) in [7, 11) is 0. The Kier molecular flexibility index (Phi) is 1.71. The SMILES string of the molecule is CC(=O)Nn1ccnc1C. The Labute approximate surface area is 58.8 Å². The highest BCUT2D eigenvalue weighted by Crippen LogP contribution is 1.89. The lowest BCUT2D eigenvalue weighted by Crippen LogP contribution is -2.19. The van der Waals surface area contributed by atoms with E-state index < -0.39 is 0 Å². The third-order valence-electron chi connectivity index (χ3n) is 1.10. The molecule has 0 bridgehead atoms. The van der Waals surface area contributed by atoms with E-state index in [9.17, 15) is 4.79 Å². The van der Waals surface area contributed by atoms with E-state index in [1.54, 1.807) is 17.1 Å². The number of aryl methyl sites for hydroxylation is 1. The van der Waals surface area contributed by atoms with Gasteiger partial charge in [-0.25, -0.2) is 9.66 Å². The lowest BCUT2D eigenvalue weighted by molar-refractivity contribution is -0.115. The van der Waals surface area contributed by atoms with Gasteiger partial charge in [0.05, 0.1) is 0 Å². The molecule has 0 fully saturated rings. The summed E-state index contributed by atoms with van der Waals surface area (Å²) in [6.45, 7) is 3.27. The maximum absolute atomic E-state index is 10.5. The van der Waals surface area contributed by atoms with Crippen LogP contribution < -0.4 is 5.43 Å². The largest absolute Gasteiger partial charge is 0.274 e. The first-order valence-corrected chi connectivity index (χ1v) is 2.97. The number of nitrogens with zero attached hydrogens (tertiary/aromatic N) is 2. The topological polar surface area (TPSA) is 46.9 Å². The molecule has 4 heteroatoms. The average molecular weight is 139 g/mol. The fraction of sp³-hybridized carbons (Fsp3) is 0.333. The van der Waals surface area contributed by atoms with Gasteiger partial charge in [-0.05, 0) is 6.92 Å². The lowest BCUT2D eigenvalue weighted by Gasteiger charge is -2.02. The van der Waals surface area contributed by atoms with Crippen LogP contribution in [-0.2, 0) is 4.79 Å². The summed E-state index contributed by atoms with van der Waals surface area (Å²) in [6, 6.07) is 0. The predicted octanol–water partition coefficient (Wildman–Crippen LogP) is 0.282. The summed E-state index contributed by atoms with van der Waals surface area (Å²) in [4.78, 5) is 14.4. The maximum Gasteiger partial charge on any atom is 0.235 e. The summed E-state index contributed by atoms with van der Waals surface area (Å²) < 4.78 is 1.57. The zero-order valence-corrected chi connectivity index (χ0v) is 5.96. The number of aromatic nitrogens is 2. The van der Waals surface area contributed by atoms with Crippen molar-refractivity contribution in [3.05, 3.63) is 18.2 Å². The highest BCUT2D eigenvalue weighted by atomic mass is 16.2. The molecule has 1 heterocycles. The third kappa shape index (κ3) is 1.34. The molecule has 0 aliphatic carbocycles. The first-order chi connectivity index (χ1) is 4.70. The highest BCUT2D eigenvalue weighted by molar-refractivity contribution is 5.80. The van der Waals surface area contributed by atoms with Crippen LogP contribution in [0.25, 0.3) is 0 Å². The molecule has 0 atom stereocenters. The molecule has 0 radical (unpaired) electrons. The number of carbonyl (C=O) groups is 1. The van der Waals surface area contributed by atoms with E-state index in [1.165, 1.54) is 6.92 Å². The fourth-order valence-corrected chi connectivity index (χ4v) is 0.666. The van der Waals surface area contributed by atoms with Gasteiger partial charge in [0.25, 0.3) is 0 Å². The molecule has 0 spiro atoms. The standard InChI is InChI=1S/C6H9N3O/c1-5-7-3-4-9(5)8-6(2)10/h3-4H,1-2H3,(H,8,10). The molecule has 0 aliphatic rings. The molecule has 1 amide bonds. The number of rotatable bonds is 1. The quantitative estimate of drug-likeness (QED) is 0.607. The number of hydrogen-bond donors (Lipinski definition) is 1. The van der Waals surface area contributed by atoms with Crippen molar-refractivity contribution < 1.29 is 4.79 Å². The molecule has 1 N–H and O–H groups in total. The number of imidazole rings is 1. The molecular formula is C6H9N3O. The molecule has 4 nitrogen and oxygen atoms in total. The van der Waals surface area contributed by atoms with Gasteiger partial charge in [-0.3, -0.25) is 10.2 Å². The Balaban J connectivity index is 2.74. The zero-order chi connectivity index (χ0) is 7.56. The van der Waals surface area contributed by atoms with E-state index in [-0.39, 0.29) is 5.91 Å². The van der Waals surface area contributed by atoms with Gasteiger partial charge < -0.3 is 0 Å². The molecule has 1 rings (SSSR count). The van der Waals surface area contributed by atoms with Crippen LogP contribution in [0.5, 0.6) is 0 Å². The van der Waals surface area contributed by atoms with E-state index in [2.05, 4.69) is 10.4 Å². The first-order valence-electron chi connectivity index (χ1n) is 2.97. The molecule has 0 aromatic carbocycles. The van der Waals surface area contributed by atoms with Crippen LogP contribution in [0.4, 0.5) is 0 Å². The van der Waals surface area contributed by atoms with Gasteiger partial charge in [0, 0.05) is 19.3 Å². The molecule has 0 saturated heterocycles.